The van der Waals surface area contributed by atoms with Crippen LogP contribution in [0.4, 0.5) is 5.82 Å². The van der Waals surface area contributed by atoms with Crippen molar-refractivity contribution in [3.8, 4) is 0 Å². The summed E-state index contributed by atoms with van der Waals surface area (Å²) in [4.78, 5) is 18.9. The summed E-state index contributed by atoms with van der Waals surface area (Å²) in [7, 11) is 0. The van der Waals surface area contributed by atoms with Gasteiger partial charge in [0.05, 0.1) is 5.60 Å². The van der Waals surface area contributed by atoms with Gasteiger partial charge in [-0.15, -0.1) is 0 Å². The van der Waals surface area contributed by atoms with E-state index in [0.29, 0.717) is 12.4 Å². The van der Waals surface area contributed by atoms with Crippen LogP contribution in [0.2, 0.25) is 0 Å². The first-order valence-electron chi connectivity index (χ1n) is 5.93. The Balaban J connectivity index is 2.12. The zero-order chi connectivity index (χ0) is 13.2. The molecule has 6 nitrogen and oxygen atoms in total. The van der Waals surface area contributed by atoms with Gasteiger partial charge >= 0.3 is 5.97 Å². The van der Waals surface area contributed by atoms with Crippen molar-refractivity contribution >= 4 is 11.8 Å². The Morgan fingerprint density at radius 2 is 2.22 bits per heavy atom. The van der Waals surface area contributed by atoms with Crippen molar-refractivity contribution in [2.75, 3.05) is 11.9 Å². The minimum atomic E-state index is -1.07. The number of ether oxygens (including phenoxy) is 1. The van der Waals surface area contributed by atoms with Crippen molar-refractivity contribution in [1.82, 2.24) is 9.97 Å². The fourth-order valence-corrected chi connectivity index (χ4v) is 2.15. The average Bonchev–Trinajstić information content (AvgIpc) is 2.28. The second-order valence-corrected chi connectivity index (χ2v) is 5.00. The van der Waals surface area contributed by atoms with Crippen LogP contribution in [0.5, 0.6) is 0 Å². The second kappa shape index (κ2) is 4.89. The molecule has 2 N–H and O–H groups in total. The summed E-state index contributed by atoms with van der Waals surface area (Å²) in [5, 5.41) is 12.2. The molecule has 0 bridgehead atoms. The number of aromatic nitrogens is 2. The van der Waals surface area contributed by atoms with Crippen LogP contribution >= 0.6 is 0 Å². The highest BCUT2D eigenvalue weighted by Crippen LogP contribution is 2.26. The number of rotatable bonds is 3. The van der Waals surface area contributed by atoms with Gasteiger partial charge in [0.2, 0.25) is 0 Å². The van der Waals surface area contributed by atoms with Crippen molar-refractivity contribution < 1.29 is 14.6 Å². The lowest BCUT2D eigenvalue weighted by molar-refractivity contribution is -0.0553. The Bertz CT molecular complexity index is 448. The van der Waals surface area contributed by atoms with E-state index in [2.05, 4.69) is 15.3 Å². The Labute approximate surface area is 105 Å². The van der Waals surface area contributed by atoms with E-state index in [9.17, 15) is 4.79 Å². The smallest absolute Gasteiger partial charge is 0.358 e. The quantitative estimate of drug-likeness (QED) is 0.847. The van der Waals surface area contributed by atoms with Gasteiger partial charge in [-0.05, 0) is 26.7 Å². The van der Waals surface area contributed by atoms with Gasteiger partial charge in [-0.3, -0.25) is 0 Å². The summed E-state index contributed by atoms with van der Waals surface area (Å²) >= 11 is 0. The number of aromatic carboxylic acids is 1. The van der Waals surface area contributed by atoms with Crippen LogP contribution in [0.25, 0.3) is 0 Å². The van der Waals surface area contributed by atoms with E-state index in [1.54, 1.807) is 0 Å². The maximum Gasteiger partial charge on any atom is 0.358 e. The molecule has 1 saturated heterocycles. The molecule has 2 heterocycles. The Hall–Kier alpha value is -1.69. The lowest BCUT2D eigenvalue weighted by Gasteiger charge is -2.36. The summed E-state index contributed by atoms with van der Waals surface area (Å²) in [5.41, 5.74) is -0.233. The number of carboxylic acid groups (broad SMARTS) is 1. The first kappa shape index (κ1) is 12.8. The maximum absolute atomic E-state index is 11.0. The highest BCUT2D eigenvalue weighted by molar-refractivity contribution is 5.90. The topological polar surface area (TPSA) is 84.3 Å². The fraction of sp³-hybridized carbons (Fsp3) is 0.583. The van der Waals surface area contributed by atoms with Gasteiger partial charge in [0, 0.05) is 25.0 Å². The first-order chi connectivity index (χ1) is 8.48. The molecule has 2 rings (SSSR count). The Kier molecular flexibility index (Phi) is 3.47. The van der Waals surface area contributed by atoms with Crippen LogP contribution in [0.15, 0.2) is 12.4 Å². The molecule has 1 unspecified atom stereocenters. The summed E-state index contributed by atoms with van der Waals surface area (Å²) in [5.74, 6) is -0.746. The molecule has 1 atom stereocenters. The highest BCUT2D eigenvalue weighted by Gasteiger charge is 2.29. The molecule has 1 aromatic heterocycles. The number of nitrogens with zero attached hydrogens (tertiary/aromatic N) is 2. The van der Waals surface area contributed by atoms with Gasteiger partial charge in [-0.25, -0.2) is 14.8 Å². The van der Waals surface area contributed by atoms with Crippen molar-refractivity contribution in [1.29, 1.82) is 0 Å². The molecule has 1 aliphatic heterocycles. The summed E-state index contributed by atoms with van der Waals surface area (Å²) < 4.78 is 5.62. The molecule has 6 heteroatoms. The summed E-state index contributed by atoms with van der Waals surface area (Å²) in [6, 6.07) is 0.156. The zero-order valence-corrected chi connectivity index (χ0v) is 10.5. The lowest BCUT2D eigenvalue weighted by atomic mass is 9.94. The number of hydrogen-bond acceptors (Lipinski definition) is 5. The number of anilines is 1. The van der Waals surface area contributed by atoms with E-state index in [1.165, 1.54) is 12.4 Å². The second-order valence-electron chi connectivity index (χ2n) is 5.00. The largest absolute Gasteiger partial charge is 0.476 e. The van der Waals surface area contributed by atoms with Crippen molar-refractivity contribution in [3.63, 3.8) is 0 Å². The van der Waals surface area contributed by atoms with Gasteiger partial charge in [-0.1, -0.05) is 0 Å². The molecule has 0 spiro atoms. The molecule has 98 valence electrons. The van der Waals surface area contributed by atoms with Gasteiger partial charge < -0.3 is 15.2 Å². The molecule has 0 amide bonds. The molecule has 1 aliphatic rings. The number of hydrogen-bond donors (Lipinski definition) is 2. The monoisotopic (exact) mass is 251 g/mol. The third-order valence-corrected chi connectivity index (χ3v) is 2.94. The molecule has 0 aromatic carbocycles. The van der Waals surface area contributed by atoms with E-state index in [1.807, 2.05) is 13.8 Å². The standard InChI is InChI=1S/C12H17N3O3/c1-12(2)7-8(3-6-18-12)15-10-9(11(16)17)13-4-5-14-10/h4-5,8H,3,6-7H2,1-2H3,(H,14,15)(H,16,17). The molecule has 0 aliphatic carbocycles. The zero-order valence-electron chi connectivity index (χ0n) is 10.5. The average molecular weight is 251 g/mol. The van der Waals surface area contributed by atoms with E-state index < -0.39 is 5.97 Å². The Morgan fingerprint density at radius 3 is 2.89 bits per heavy atom. The van der Waals surface area contributed by atoms with Gasteiger partial charge in [0.15, 0.2) is 11.5 Å². The van der Waals surface area contributed by atoms with Gasteiger partial charge in [0.1, 0.15) is 0 Å². The van der Waals surface area contributed by atoms with E-state index >= 15 is 0 Å². The molecule has 18 heavy (non-hydrogen) atoms. The number of carboxylic acids is 1. The predicted octanol–water partition coefficient (Wildman–Crippen LogP) is 1.54. The number of carbonyl (C=O) groups is 1. The third-order valence-electron chi connectivity index (χ3n) is 2.94. The van der Waals surface area contributed by atoms with E-state index in [-0.39, 0.29) is 17.3 Å². The SMILES string of the molecule is CC1(C)CC(Nc2nccnc2C(=O)O)CCO1. The molecule has 0 radical (unpaired) electrons. The predicted molar refractivity (Wildman–Crippen MR) is 65.7 cm³/mol. The van der Waals surface area contributed by atoms with Crippen molar-refractivity contribution in [3.05, 3.63) is 18.1 Å². The fourth-order valence-electron chi connectivity index (χ4n) is 2.15. The molecule has 1 aromatic rings. The summed E-state index contributed by atoms with van der Waals surface area (Å²) in [6.45, 7) is 4.71. The van der Waals surface area contributed by atoms with Gasteiger partial charge in [-0.2, -0.15) is 0 Å². The molecule has 0 saturated carbocycles. The molecule has 1 fully saturated rings. The van der Waals surface area contributed by atoms with E-state index in [0.717, 1.165) is 12.8 Å². The maximum atomic E-state index is 11.0. The van der Waals surface area contributed by atoms with Crippen LogP contribution in [-0.4, -0.2) is 39.3 Å². The van der Waals surface area contributed by atoms with Crippen LogP contribution < -0.4 is 5.32 Å². The normalized spacial score (nSPS) is 22.4. The van der Waals surface area contributed by atoms with Crippen molar-refractivity contribution in [2.24, 2.45) is 0 Å². The van der Waals surface area contributed by atoms with Crippen molar-refractivity contribution in [2.45, 2.75) is 38.3 Å². The molecular weight excluding hydrogens is 234 g/mol. The highest BCUT2D eigenvalue weighted by atomic mass is 16.5. The minimum absolute atomic E-state index is 0.0400. The Morgan fingerprint density at radius 1 is 1.50 bits per heavy atom. The first-order valence-corrected chi connectivity index (χ1v) is 5.93. The van der Waals surface area contributed by atoms with Crippen LogP contribution in [0.3, 0.4) is 0 Å². The number of nitrogens with one attached hydrogen (secondary N) is 1. The van der Waals surface area contributed by atoms with E-state index in [4.69, 9.17) is 9.84 Å². The van der Waals surface area contributed by atoms with Gasteiger partial charge in [0.25, 0.3) is 0 Å². The van der Waals surface area contributed by atoms with Crippen LogP contribution in [-0.2, 0) is 4.74 Å². The minimum Gasteiger partial charge on any atom is -0.476 e. The third kappa shape index (κ3) is 2.95. The van der Waals surface area contributed by atoms with Crippen LogP contribution in [0.1, 0.15) is 37.2 Å². The lowest BCUT2D eigenvalue weighted by Crippen LogP contribution is -2.40. The molecular formula is C12H17N3O3. The summed E-state index contributed by atoms with van der Waals surface area (Å²) in [6.07, 6.45) is 4.50. The van der Waals surface area contributed by atoms with Crippen LogP contribution in [0, 0.1) is 0 Å².